The summed E-state index contributed by atoms with van der Waals surface area (Å²) in [6.07, 6.45) is 22.9. The van der Waals surface area contributed by atoms with Crippen LogP contribution in [-0.2, 0) is 5.41 Å². The first kappa shape index (κ1) is 36.6. The smallest absolute Gasteiger partial charge is 0.0158 e. The molecule has 0 aliphatic heterocycles. The van der Waals surface area contributed by atoms with E-state index in [1.807, 2.05) is 0 Å². The molecule has 7 aromatic carbocycles. The molecule has 0 aliphatic carbocycles. The van der Waals surface area contributed by atoms with E-state index in [1.165, 1.54) is 22.3 Å². The van der Waals surface area contributed by atoms with Crippen molar-refractivity contribution in [3.8, 4) is 0 Å². The van der Waals surface area contributed by atoms with Crippen molar-refractivity contribution in [1.29, 1.82) is 0 Å². The molecule has 0 fully saturated rings. The van der Waals surface area contributed by atoms with Crippen LogP contribution in [0, 0.1) is 0 Å². The maximum atomic E-state index is 2.37. The van der Waals surface area contributed by atoms with Gasteiger partial charge < -0.3 is 0 Å². The average Bonchev–Trinajstić information content (AvgIpc) is 3.25. The van der Waals surface area contributed by atoms with Crippen LogP contribution in [0.25, 0.3) is 60.8 Å². The lowest BCUT2D eigenvalue weighted by molar-refractivity contribution is 0.637. The Kier molecular flexibility index (Phi) is 11.9. The molecule has 0 atom stereocenters. The van der Waals surface area contributed by atoms with Gasteiger partial charge in [0.2, 0.25) is 0 Å². The van der Waals surface area contributed by atoms with Gasteiger partial charge in [0.15, 0.2) is 0 Å². The SMILES string of the molecule is CC(C)(c1ccccc1)c1c(/C=C/c2ccccc2)c(/C=C/c2ccccc2)c(/C=C/c2ccccc2)c(/C=C/c2ccccc2)c1/C=C/c1ccccc1. The van der Waals surface area contributed by atoms with Crippen molar-refractivity contribution in [2.75, 3.05) is 0 Å². The molecule has 0 heterocycles. The van der Waals surface area contributed by atoms with Crippen molar-refractivity contribution < 1.29 is 0 Å². The second-order valence-corrected chi connectivity index (χ2v) is 14.2. The maximum Gasteiger partial charge on any atom is 0.0158 e. The van der Waals surface area contributed by atoms with Gasteiger partial charge in [0.05, 0.1) is 0 Å². The van der Waals surface area contributed by atoms with Crippen molar-refractivity contribution in [3.05, 3.63) is 249 Å². The highest BCUT2D eigenvalue weighted by Gasteiger charge is 2.31. The van der Waals surface area contributed by atoms with E-state index in [1.54, 1.807) is 0 Å². The van der Waals surface area contributed by atoms with Crippen molar-refractivity contribution >= 4 is 60.8 Å². The molecule has 0 saturated carbocycles. The molecule has 0 bridgehead atoms. The van der Waals surface area contributed by atoms with Crippen LogP contribution in [0.1, 0.15) is 80.6 Å². The summed E-state index contributed by atoms with van der Waals surface area (Å²) in [6, 6.07) is 63.9. The predicted molar refractivity (Wildman–Crippen MR) is 242 cm³/mol. The molecule has 0 aliphatic rings. The molecule has 0 nitrogen and oxygen atoms in total. The van der Waals surface area contributed by atoms with E-state index in [4.69, 9.17) is 0 Å². The molecule has 0 radical (unpaired) electrons. The van der Waals surface area contributed by atoms with E-state index < -0.39 is 0 Å². The second-order valence-electron chi connectivity index (χ2n) is 14.2. The van der Waals surface area contributed by atoms with E-state index in [9.17, 15) is 0 Å². The average molecular weight is 707 g/mol. The van der Waals surface area contributed by atoms with Gasteiger partial charge in [-0.3, -0.25) is 0 Å². The Balaban J connectivity index is 1.64. The Bertz CT molecular complexity index is 2300. The lowest BCUT2D eigenvalue weighted by atomic mass is 9.70. The van der Waals surface area contributed by atoms with Crippen molar-refractivity contribution in [2.45, 2.75) is 19.3 Å². The highest BCUT2D eigenvalue weighted by Crippen LogP contribution is 2.44. The lowest BCUT2D eigenvalue weighted by Gasteiger charge is -2.33. The molecular weight excluding hydrogens is 661 g/mol. The number of hydrogen-bond acceptors (Lipinski definition) is 0. The number of hydrogen-bond donors (Lipinski definition) is 0. The quantitative estimate of drug-likeness (QED) is 0.111. The van der Waals surface area contributed by atoms with Crippen molar-refractivity contribution in [1.82, 2.24) is 0 Å². The first-order chi connectivity index (χ1) is 27.1. The van der Waals surface area contributed by atoms with Crippen LogP contribution >= 0.6 is 0 Å². The molecular formula is C55H46. The molecule has 0 heteroatoms. The van der Waals surface area contributed by atoms with E-state index >= 15 is 0 Å². The van der Waals surface area contributed by atoms with E-state index in [-0.39, 0.29) is 5.41 Å². The Hall–Kier alpha value is -6.76. The van der Waals surface area contributed by atoms with Gasteiger partial charge in [-0.1, -0.05) is 257 Å². The Morgan fingerprint density at radius 3 is 0.745 bits per heavy atom. The van der Waals surface area contributed by atoms with Crippen LogP contribution in [-0.4, -0.2) is 0 Å². The summed E-state index contributed by atoms with van der Waals surface area (Å²) in [7, 11) is 0. The Labute approximate surface area is 327 Å². The van der Waals surface area contributed by atoms with Gasteiger partial charge in [-0.15, -0.1) is 0 Å². The van der Waals surface area contributed by atoms with Crippen molar-refractivity contribution in [3.63, 3.8) is 0 Å². The zero-order valence-corrected chi connectivity index (χ0v) is 31.6. The number of benzene rings is 7. The maximum absolute atomic E-state index is 2.37. The lowest BCUT2D eigenvalue weighted by Crippen LogP contribution is -2.23. The van der Waals surface area contributed by atoms with E-state index in [0.29, 0.717) is 0 Å². The summed E-state index contributed by atoms with van der Waals surface area (Å²) in [5.41, 5.74) is 13.7. The predicted octanol–water partition coefficient (Wildman–Crippen LogP) is 14.9. The van der Waals surface area contributed by atoms with Crippen LogP contribution in [0.15, 0.2) is 182 Å². The Morgan fingerprint density at radius 2 is 0.473 bits per heavy atom. The highest BCUT2D eigenvalue weighted by atomic mass is 14.3. The molecule has 0 saturated heterocycles. The standard InChI is InChI=1S/C55H46/c1-55(2,48-31-19-8-20-32-48)54-52(41-36-46-27-15-6-16-28-46)50(39-34-44-23-11-4-12-24-44)49(38-33-43-21-9-3-10-22-43)51(40-35-45-25-13-5-14-26-45)53(54)42-37-47-29-17-7-18-30-47/h3-42H,1-2H3/b38-33+,39-34+,40-35+,41-36+,42-37+. The van der Waals surface area contributed by atoms with Crippen LogP contribution < -0.4 is 0 Å². The third-order valence-electron chi connectivity index (χ3n) is 10.0. The molecule has 0 amide bonds. The largest absolute Gasteiger partial charge is 0.0622 e. The summed E-state index contributed by atoms with van der Waals surface area (Å²) in [6.45, 7) is 4.73. The molecule has 0 unspecified atom stereocenters. The van der Waals surface area contributed by atoms with Crippen LogP contribution in [0.4, 0.5) is 0 Å². The summed E-state index contributed by atoms with van der Waals surface area (Å²) in [5.74, 6) is 0. The fourth-order valence-electron chi connectivity index (χ4n) is 7.13. The van der Waals surface area contributed by atoms with Gasteiger partial charge >= 0.3 is 0 Å². The fraction of sp³-hybridized carbons (Fsp3) is 0.0545. The third-order valence-corrected chi connectivity index (χ3v) is 10.0. The van der Waals surface area contributed by atoms with Crippen LogP contribution in [0.5, 0.6) is 0 Å². The molecule has 0 aromatic heterocycles. The highest BCUT2D eigenvalue weighted by molar-refractivity contribution is 5.96. The van der Waals surface area contributed by atoms with Gasteiger partial charge in [-0.05, 0) is 66.8 Å². The summed E-state index contributed by atoms with van der Waals surface area (Å²) >= 11 is 0. The van der Waals surface area contributed by atoms with E-state index in [2.05, 4.69) is 257 Å². The first-order valence-electron chi connectivity index (χ1n) is 19.0. The molecule has 0 N–H and O–H groups in total. The molecule has 0 spiro atoms. The van der Waals surface area contributed by atoms with Crippen LogP contribution in [0.2, 0.25) is 0 Å². The van der Waals surface area contributed by atoms with Gasteiger partial charge in [0.1, 0.15) is 0 Å². The van der Waals surface area contributed by atoms with Gasteiger partial charge in [-0.2, -0.15) is 0 Å². The second kappa shape index (κ2) is 17.8. The molecule has 7 aromatic rings. The zero-order valence-electron chi connectivity index (χ0n) is 31.6. The topological polar surface area (TPSA) is 0 Å². The summed E-state index contributed by atoms with van der Waals surface area (Å²) in [4.78, 5) is 0. The van der Waals surface area contributed by atoms with Gasteiger partial charge in [0, 0.05) is 5.41 Å². The van der Waals surface area contributed by atoms with Gasteiger partial charge in [-0.25, -0.2) is 0 Å². The summed E-state index contributed by atoms with van der Waals surface area (Å²) < 4.78 is 0. The zero-order chi connectivity index (χ0) is 37.7. The van der Waals surface area contributed by atoms with Crippen LogP contribution in [0.3, 0.4) is 0 Å². The monoisotopic (exact) mass is 706 g/mol. The molecule has 55 heavy (non-hydrogen) atoms. The first-order valence-corrected chi connectivity index (χ1v) is 19.0. The minimum atomic E-state index is -0.389. The molecule has 266 valence electrons. The van der Waals surface area contributed by atoms with E-state index in [0.717, 1.165) is 44.5 Å². The fourth-order valence-corrected chi connectivity index (χ4v) is 7.13. The minimum Gasteiger partial charge on any atom is -0.0622 e. The summed E-state index contributed by atoms with van der Waals surface area (Å²) in [5, 5.41) is 0. The minimum absolute atomic E-state index is 0.389. The Morgan fingerprint density at radius 1 is 0.255 bits per heavy atom. The third kappa shape index (κ3) is 9.25. The molecule has 7 rings (SSSR count). The number of rotatable bonds is 12. The van der Waals surface area contributed by atoms with Crippen molar-refractivity contribution in [2.24, 2.45) is 0 Å². The normalized spacial score (nSPS) is 12.2. The van der Waals surface area contributed by atoms with Gasteiger partial charge in [0.25, 0.3) is 0 Å².